The molecule has 3 N–H and O–H groups in total. The summed E-state index contributed by atoms with van der Waals surface area (Å²) in [6, 6.07) is 0. The van der Waals surface area contributed by atoms with Gasteiger partial charge in [-0.1, -0.05) is 370 Å². The lowest BCUT2D eigenvalue weighted by atomic mass is 10.0. The number of rotatable bonds is 79. The van der Waals surface area contributed by atoms with E-state index < -0.39 is 97.5 Å². The molecule has 0 bridgehead atoms. The molecule has 0 aliphatic heterocycles. The second kappa shape index (κ2) is 71.3. The van der Waals surface area contributed by atoms with Gasteiger partial charge in [-0.3, -0.25) is 37.3 Å². The molecule has 0 saturated heterocycles. The number of phosphoric ester groups is 2. The van der Waals surface area contributed by atoms with E-state index in [0.717, 1.165) is 108 Å². The fourth-order valence-electron chi connectivity index (χ4n) is 12.5. The number of phosphoric acid groups is 2. The maximum Gasteiger partial charge on any atom is 0.472 e. The van der Waals surface area contributed by atoms with Crippen molar-refractivity contribution in [1.29, 1.82) is 0 Å². The Morgan fingerprint density at radius 1 is 0.270 bits per heavy atom. The van der Waals surface area contributed by atoms with Gasteiger partial charge in [-0.2, -0.15) is 0 Å². The van der Waals surface area contributed by atoms with Gasteiger partial charge in [0, 0.05) is 25.7 Å². The van der Waals surface area contributed by atoms with Crippen molar-refractivity contribution in [2.24, 2.45) is 17.8 Å². The lowest BCUT2D eigenvalue weighted by Gasteiger charge is -2.21. The number of aliphatic hydroxyl groups is 1. The van der Waals surface area contributed by atoms with Crippen LogP contribution in [0.1, 0.15) is 421 Å². The average molecular weight is 1470 g/mol. The topological polar surface area (TPSA) is 237 Å². The van der Waals surface area contributed by atoms with E-state index in [1.54, 1.807) is 0 Å². The maximum absolute atomic E-state index is 13.1. The van der Waals surface area contributed by atoms with Crippen LogP contribution in [0.4, 0.5) is 0 Å². The third-order valence-corrected chi connectivity index (χ3v) is 20.8. The molecule has 0 amide bonds. The fraction of sp³-hybridized carbons (Fsp3) is 0.951. The standard InChI is InChI=1S/C81H158O17P2/c1-8-9-10-11-12-13-14-15-16-17-18-19-20-21-22-23-26-30-33-43-50-57-64-80(85)97-76(68-91-78(83)62-55-48-41-32-29-27-24-25-28-31-38-45-52-59-72(2)3)70-95-99(87,88)93-66-75(82)67-94-100(89,90)96-71-77(98-81(86)65-58-51-44-37-35-40-47-54-61-74(6)7)69-92-79(84)63-56-49-42-36-34-39-46-53-60-73(4)5/h72-77,82H,8-71H2,1-7H3,(H,87,88)(H,89,90)/t75-,76-,77-/m1/s1. The summed E-state index contributed by atoms with van der Waals surface area (Å²) in [6.45, 7) is 11.9. The first-order valence-electron chi connectivity index (χ1n) is 41.8. The minimum Gasteiger partial charge on any atom is -0.462 e. The van der Waals surface area contributed by atoms with Gasteiger partial charge in [0.25, 0.3) is 0 Å². The Morgan fingerprint density at radius 2 is 0.460 bits per heavy atom. The molecule has 0 aliphatic rings. The summed E-state index contributed by atoms with van der Waals surface area (Å²) >= 11 is 0. The van der Waals surface area contributed by atoms with Crippen LogP contribution in [-0.4, -0.2) is 96.7 Å². The number of aliphatic hydroxyl groups excluding tert-OH is 1. The van der Waals surface area contributed by atoms with Gasteiger partial charge in [-0.15, -0.1) is 0 Å². The van der Waals surface area contributed by atoms with Crippen LogP contribution in [0.15, 0.2) is 0 Å². The quantitative estimate of drug-likeness (QED) is 0.0222. The molecular formula is C81H158O17P2. The third kappa shape index (κ3) is 74.3. The highest BCUT2D eigenvalue weighted by molar-refractivity contribution is 7.47. The van der Waals surface area contributed by atoms with Crippen molar-refractivity contribution >= 4 is 39.5 Å². The number of hydrogen-bond acceptors (Lipinski definition) is 15. The predicted octanol–water partition coefficient (Wildman–Crippen LogP) is 24.1. The van der Waals surface area contributed by atoms with Crippen molar-refractivity contribution in [2.45, 2.75) is 439 Å². The van der Waals surface area contributed by atoms with Crippen LogP contribution >= 0.6 is 15.6 Å². The lowest BCUT2D eigenvalue weighted by Crippen LogP contribution is -2.30. The third-order valence-electron chi connectivity index (χ3n) is 18.9. The fourth-order valence-corrected chi connectivity index (χ4v) is 14.1. The number of unbranched alkanes of at least 4 members (excludes halogenated alkanes) is 47. The van der Waals surface area contributed by atoms with Crippen LogP contribution in [0.5, 0.6) is 0 Å². The van der Waals surface area contributed by atoms with Gasteiger partial charge in [-0.05, 0) is 43.4 Å². The second-order valence-electron chi connectivity index (χ2n) is 30.6. The van der Waals surface area contributed by atoms with Crippen LogP contribution in [0.25, 0.3) is 0 Å². The van der Waals surface area contributed by atoms with Crippen LogP contribution in [0.2, 0.25) is 0 Å². The van der Waals surface area contributed by atoms with Gasteiger partial charge in [0.15, 0.2) is 12.2 Å². The zero-order valence-electron chi connectivity index (χ0n) is 65.7. The van der Waals surface area contributed by atoms with Gasteiger partial charge in [0.05, 0.1) is 26.4 Å². The first-order chi connectivity index (χ1) is 48.2. The largest absolute Gasteiger partial charge is 0.472 e. The van der Waals surface area contributed by atoms with Crippen molar-refractivity contribution in [3.05, 3.63) is 0 Å². The summed E-state index contributed by atoms with van der Waals surface area (Å²) in [7, 11) is -9.92. The predicted molar refractivity (Wildman–Crippen MR) is 409 cm³/mol. The highest BCUT2D eigenvalue weighted by Gasteiger charge is 2.30. The van der Waals surface area contributed by atoms with Crippen molar-refractivity contribution in [2.75, 3.05) is 39.6 Å². The highest BCUT2D eigenvalue weighted by atomic mass is 31.2. The van der Waals surface area contributed by atoms with Crippen LogP contribution < -0.4 is 0 Å². The van der Waals surface area contributed by atoms with E-state index in [4.69, 9.17) is 37.0 Å². The molecule has 5 atom stereocenters. The van der Waals surface area contributed by atoms with Gasteiger partial charge in [0.2, 0.25) is 0 Å². The van der Waals surface area contributed by atoms with Gasteiger partial charge in [0.1, 0.15) is 19.3 Å². The molecule has 0 aromatic carbocycles. The summed E-state index contributed by atoms with van der Waals surface area (Å²) < 4.78 is 68.7. The van der Waals surface area contributed by atoms with E-state index in [2.05, 4.69) is 48.5 Å². The van der Waals surface area contributed by atoms with Crippen LogP contribution in [-0.2, 0) is 65.4 Å². The van der Waals surface area contributed by atoms with Gasteiger partial charge >= 0.3 is 39.5 Å². The zero-order valence-corrected chi connectivity index (χ0v) is 67.5. The molecule has 0 rings (SSSR count). The number of carbonyl (C=O) groups is 4. The molecule has 0 aromatic rings. The summed E-state index contributed by atoms with van der Waals surface area (Å²) in [5.74, 6) is 0.120. The number of carbonyl (C=O) groups excluding carboxylic acids is 4. The van der Waals surface area contributed by atoms with E-state index >= 15 is 0 Å². The molecule has 0 fully saturated rings. The first-order valence-corrected chi connectivity index (χ1v) is 44.8. The average Bonchev–Trinajstić information content (AvgIpc) is 0.916. The van der Waals surface area contributed by atoms with E-state index in [1.807, 2.05) is 0 Å². The Morgan fingerprint density at radius 3 is 0.680 bits per heavy atom. The Hall–Kier alpha value is -1.94. The van der Waals surface area contributed by atoms with E-state index in [-0.39, 0.29) is 25.7 Å². The number of ether oxygens (including phenoxy) is 4. The second-order valence-corrected chi connectivity index (χ2v) is 33.5. The Bertz CT molecular complexity index is 1940. The Balaban J connectivity index is 5.20. The van der Waals surface area contributed by atoms with Crippen LogP contribution in [0, 0.1) is 17.8 Å². The van der Waals surface area contributed by atoms with E-state index in [1.165, 1.54) is 231 Å². The van der Waals surface area contributed by atoms with E-state index in [0.29, 0.717) is 25.7 Å². The van der Waals surface area contributed by atoms with Gasteiger partial charge in [-0.25, -0.2) is 9.13 Å². The molecule has 594 valence electrons. The minimum absolute atomic E-state index is 0.104. The first kappa shape index (κ1) is 98.1. The SMILES string of the molecule is CCCCCCCCCCCCCCCCCCCCCCCCC(=O)O[C@H](COC(=O)CCCCCCCCCCCCCCCC(C)C)COP(=O)(O)OC[C@@H](O)COP(=O)(O)OC[C@@H](COC(=O)CCCCCCCCCCC(C)C)OC(=O)CCCCCCCCCCC(C)C. The minimum atomic E-state index is -4.96. The lowest BCUT2D eigenvalue weighted by molar-refractivity contribution is -0.161. The van der Waals surface area contributed by atoms with Crippen LogP contribution in [0.3, 0.4) is 0 Å². The molecule has 0 heterocycles. The monoisotopic (exact) mass is 1470 g/mol. The Labute approximate surface area is 613 Å². The molecule has 0 radical (unpaired) electrons. The molecular weight excluding hydrogens is 1310 g/mol. The molecule has 0 aromatic heterocycles. The molecule has 0 aliphatic carbocycles. The zero-order chi connectivity index (χ0) is 73.7. The van der Waals surface area contributed by atoms with Crippen molar-refractivity contribution in [3.63, 3.8) is 0 Å². The van der Waals surface area contributed by atoms with Gasteiger partial charge < -0.3 is 33.8 Å². The molecule has 17 nitrogen and oxygen atoms in total. The number of hydrogen-bond donors (Lipinski definition) is 3. The normalized spacial score (nSPS) is 14.0. The maximum atomic E-state index is 13.1. The van der Waals surface area contributed by atoms with E-state index in [9.17, 15) is 43.2 Å². The highest BCUT2D eigenvalue weighted by Crippen LogP contribution is 2.45. The van der Waals surface area contributed by atoms with Crippen molar-refractivity contribution < 1.29 is 80.2 Å². The molecule has 19 heteroatoms. The summed E-state index contributed by atoms with van der Waals surface area (Å²) in [6.07, 6.45) is 59.9. The Kier molecular flexibility index (Phi) is 69.9. The summed E-state index contributed by atoms with van der Waals surface area (Å²) in [5, 5.41) is 10.6. The van der Waals surface area contributed by atoms with Crippen molar-refractivity contribution in [3.8, 4) is 0 Å². The molecule has 100 heavy (non-hydrogen) atoms. The molecule has 0 spiro atoms. The number of esters is 4. The molecule has 2 unspecified atom stereocenters. The smallest absolute Gasteiger partial charge is 0.462 e. The molecule has 0 saturated carbocycles. The summed E-state index contributed by atoms with van der Waals surface area (Å²) in [5.41, 5.74) is 0. The summed E-state index contributed by atoms with van der Waals surface area (Å²) in [4.78, 5) is 73.0. The van der Waals surface area contributed by atoms with Crippen molar-refractivity contribution in [1.82, 2.24) is 0 Å².